The Morgan fingerprint density at radius 3 is 2.87 bits per heavy atom. The third-order valence-corrected chi connectivity index (χ3v) is 5.36. The number of furan rings is 1. The summed E-state index contributed by atoms with van der Waals surface area (Å²) in [7, 11) is 0. The second-order valence-corrected chi connectivity index (χ2v) is 7.40. The van der Waals surface area contributed by atoms with E-state index in [1.54, 1.807) is 18.0 Å². The molecule has 1 saturated heterocycles. The quantitative estimate of drug-likeness (QED) is 0.735. The molecule has 0 spiro atoms. The van der Waals surface area contributed by atoms with Crippen LogP contribution in [0.4, 0.5) is 5.95 Å². The highest BCUT2D eigenvalue weighted by molar-refractivity contribution is 7.99. The molecule has 7 heteroatoms. The van der Waals surface area contributed by atoms with Crippen molar-refractivity contribution >= 4 is 29.3 Å². The third-order valence-electron chi connectivity index (χ3n) is 4.02. The summed E-state index contributed by atoms with van der Waals surface area (Å²) in [6, 6.07) is 3.87. The first-order chi connectivity index (χ1) is 11.1. The Morgan fingerprint density at radius 2 is 2.22 bits per heavy atom. The van der Waals surface area contributed by atoms with Gasteiger partial charge in [-0.25, -0.2) is 0 Å². The highest BCUT2D eigenvalue weighted by Gasteiger charge is 2.23. The molecule has 0 aromatic carbocycles. The zero-order valence-corrected chi connectivity index (χ0v) is 14.8. The Bertz CT molecular complexity index is 647. The second kappa shape index (κ2) is 7.45. The maximum atomic E-state index is 5.89. The molecule has 2 aromatic rings. The smallest absolute Gasteiger partial charge is 0.228 e. The van der Waals surface area contributed by atoms with Gasteiger partial charge in [-0.2, -0.15) is 0 Å². The highest BCUT2D eigenvalue weighted by atomic mass is 35.5. The molecular formula is C16H21ClN4OS. The molecule has 3 rings (SSSR count). The topological polar surface area (TPSA) is 47.1 Å². The van der Waals surface area contributed by atoms with Crippen LogP contribution in [0, 0.1) is 5.92 Å². The van der Waals surface area contributed by atoms with Crippen molar-refractivity contribution in [1.29, 1.82) is 0 Å². The molecule has 3 heterocycles. The lowest BCUT2D eigenvalue weighted by atomic mass is 10.00. The molecule has 0 atom stereocenters. The van der Waals surface area contributed by atoms with E-state index in [2.05, 4.69) is 33.2 Å². The predicted molar refractivity (Wildman–Crippen MR) is 94.2 cm³/mol. The van der Waals surface area contributed by atoms with Crippen LogP contribution in [0.5, 0.6) is 0 Å². The molecular weight excluding hydrogens is 332 g/mol. The summed E-state index contributed by atoms with van der Waals surface area (Å²) in [5.74, 6) is 3.20. The molecule has 0 saturated carbocycles. The van der Waals surface area contributed by atoms with Crippen LogP contribution in [0.1, 0.15) is 25.5 Å². The average Bonchev–Trinajstić information content (AvgIpc) is 3.17. The van der Waals surface area contributed by atoms with Crippen LogP contribution in [0.2, 0.25) is 0 Å². The van der Waals surface area contributed by atoms with Crippen LogP contribution in [0.3, 0.4) is 0 Å². The van der Waals surface area contributed by atoms with Gasteiger partial charge in [0.1, 0.15) is 5.76 Å². The molecule has 0 amide bonds. The van der Waals surface area contributed by atoms with Gasteiger partial charge in [0.25, 0.3) is 0 Å². The number of piperidine rings is 1. The van der Waals surface area contributed by atoms with Crippen LogP contribution >= 0.6 is 23.4 Å². The van der Waals surface area contributed by atoms with Crippen LogP contribution in [-0.2, 0) is 6.54 Å². The monoisotopic (exact) mass is 352 g/mol. The second-order valence-electron chi connectivity index (χ2n) is 5.92. The van der Waals surface area contributed by atoms with Gasteiger partial charge in [-0.1, -0.05) is 36.9 Å². The third kappa shape index (κ3) is 4.12. The van der Waals surface area contributed by atoms with Crippen molar-refractivity contribution in [1.82, 2.24) is 14.8 Å². The van der Waals surface area contributed by atoms with Crippen molar-refractivity contribution < 1.29 is 4.42 Å². The fourth-order valence-electron chi connectivity index (χ4n) is 2.67. The van der Waals surface area contributed by atoms with E-state index in [-0.39, 0.29) is 0 Å². The minimum Gasteiger partial charge on any atom is -0.467 e. The number of aromatic nitrogens is 3. The van der Waals surface area contributed by atoms with Gasteiger partial charge < -0.3 is 9.32 Å². The van der Waals surface area contributed by atoms with E-state index in [0.717, 1.165) is 35.9 Å². The predicted octanol–water partition coefficient (Wildman–Crippen LogP) is 4.00. The lowest BCUT2D eigenvalue weighted by Crippen LogP contribution is -2.35. The largest absolute Gasteiger partial charge is 0.467 e. The number of hydrogen-bond acceptors (Lipinski definition) is 5. The summed E-state index contributed by atoms with van der Waals surface area (Å²) in [6.07, 6.45) is 4.07. The van der Waals surface area contributed by atoms with E-state index in [0.29, 0.717) is 17.3 Å². The van der Waals surface area contributed by atoms with Gasteiger partial charge in [0.15, 0.2) is 5.16 Å². The van der Waals surface area contributed by atoms with Crippen LogP contribution < -0.4 is 4.90 Å². The first kappa shape index (κ1) is 16.5. The molecule has 1 aliphatic rings. The van der Waals surface area contributed by atoms with Gasteiger partial charge in [-0.3, -0.25) is 4.57 Å². The van der Waals surface area contributed by atoms with E-state index < -0.39 is 0 Å². The van der Waals surface area contributed by atoms with Crippen molar-refractivity contribution in [3.8, 4) is 0 Å². The Morgan fingerprint density at radius 1 is 1.43 bits per heavy atom. The molecule has 5 nitrogen and oxygen atoms in total. The normalized spacial score (nSPS) is 16.0. The Balaban J connectivity index is 1.84. The number of anilines is 1. The molecule has 124 valence electrons. The van der Waals surface area contributed by atoms with Crippen LogP contribution in [0.15, 0.2) is 39.6 Å². The molecule has 1 fully saturated rings. The van der Waals surface area contributed by atoms with Crippen molar-refractivity contribution in [2.75, 3.05) is 23.7 Å². The standard InChI is InChI=1S/C16H21ClN4OS/c1-12-5-7-20(8-6-12)15-18-19-16(23-11-13(2)17)21(15)10-14-4-3-9-22-14/h3-4,9,12H,2,5-8,10-11H2,1H3. The van der Waals surface area contributed by atoms with Crippen LogP contribution in [0.25, 0.3) is 0 Å². The molecule has 23 heavy (non-hydrogen) atoms. The van der Waals surface area contributed by atoms with Gasteiger partial charge >= 0.3 is 0 Å². The van der Waals surface area contributed by atoms with Gasteiger partial charge in [-0.15, -0.1) is 10.2 Å². The Hall–Kier alpha value is -1.40. The minimum atomic E-state index is 0.607. The number of nitrogens with zero attached hydrogens (tertiary/aromatic N) is 4. The lowest BCUT2D eigenvalue weighted by Gasteiger charge is -2.31. The molecule has 2 aromatic heterocycles. The van der Waals surface area contributed by atoms with Crippen molar-refractivity contribution in [3.05, 3.63) is 35.8 Å². The van der Waals surface area contributed by atoms with Crippen LogP contribution in [-0.4, -0.2) is 33.6 Å². The summed E-state index contributed by atoms with van der Waals surface area (Å²) < 4.78 is 7.61. The molecule has 1 aliphatic heterocycles. The molecule has 0 bridgehead atoms. The van der Waals surface area contributed by atoms with E-state index in [1.807, 2.05) is 12.1 Å². The van der Waals surface area contributed by atoms with Gasteiger partial charge in [0, 0.05) is 23.9 Å². The van der Waals surface area contributed by atoms with Gasteiger partial charge in [0.2, 0.25) is 5.95 Å². The van der Waals surface area contributed by atoms with Gasteiger partial charge in [0.05, 0.1) is 12.8 Å². The molecule has 0 radical (unpaired) electrons. The van der Waals surface area contributed by atoms with E-state index >= 15 is 0 Å². The zero-order chi connectivity index (χ0) is 16.2. The van der Waals surface area contributed by atoms with E-state index in [1.165, 1.54) is 12.8 Å². The Kier molecular flexibility index (Phi) is 5.33. The van der Waals surface area contributed by atoms with Crippen molar-refractivity contribution in [2.24, 2.45) is 5.92 Å². The summed E-state index contributed by atoms with van der Waals surface area (Å²) in [5.41, 5.74) is 0. The fraction of sp³-hybridized carbons (Fsp3) is 0.500. The lowest BCUT2D eigenvalue weighted by molar-refractivity contribution is 0.427. The first-order valence-electron chi connectivity index (χ1n) is 7.80. The first-order valence-corrected chi connectivity index (χ1v) is 9.16. The fourth-order valence-corrected chi connectivity index (χ4v) is 3.52. The summed E-state index contributed by atoms with van der Waals surface area (Å²) >= 11 is 7.44. The number of rotatable bonds is 6. The highest BCUT2D eigenvalue weighted by Crippen LogP contribution is 2.28. The van der Waals surface area contributed by atoms with E-state index in [9.17, 15) is 0 Å². The maximum Gasteiger partial charge on any atom is 0.228 e. The molecule has 0 N–H and O–H groups in total. The summed E-state index contributed by atoms with van der Waals surface area (Å²) in [6.45, 7) is 8.70. The minimum absolute atomic E-state index is 0.607. The number of halogens is 1. The summed E-state index contributed by atoms with van der Waals surface area (Å²) in [5, 5.41) is 10.2. The number of thioether (sulfide) groups is 1. The SMILES string of the molecule is C=C(Cl)CSc1nnc(N2CCC(C)CC2)n1Cc1ccco1. The summed E-state index contributed by atoms with van der Waals surface area (Å²) in [4.78, 5) is 2.31. The average molecular weight is 353 g/mol. The molecule has 0 unspecified atom stereocenters. The zero-order valence-electron chi connectivity index (χ0n) is 13.2. The molecule has 0 aliphatic carbocycles. The maximum absolute atomic E-state index is 5.89. The van der Waals surface area contributed by atoms with Gasteiger partial charge in [-0.05, 0) is 30.9 Å². The van der Waals surface area contributed by atoms with Crippen molar-refractivity contribution in [3.63, 3.8) is 0 Å². The number of hydrogen-bond donors (Lipinski definition) is 0. The van der Waals surface area contributed by atoms with Crippen molar-refractivity contribution in [2.45, 2.75) is 31.5 Å². The Labute approximate surface area is 145 Å². The van der Waals surface area contributed by atoms with E-state index in [4.69, 9.17) is 16.0 Å².